The molecule has 0 saturated carbocycles. The van der Waals surface area contributed by atoms with Crippen molar-refractivity contribution in [2.24, 2.45) is 0 Å². The summed E-state index contributed by atoms with van der Waals surface area (Å²) in [7, 11) is 1.19. The molecule has 8 nitrogen and oxygen atoms in total. The molecule has 0 aliphatic carbocycles. The lowest BCUT2D eigenvalue weighted by molar-refractivity contribution is -0.228. The number of ether oxygens (including phenoxy) is 2. The second-order valence-electron chi connectivity index (χ2n) is 8.13. The molecule has 1 saturated heterocycles. The maximum Gasteiger partial charge on any atom is 0.416 e. The van der Waals surface area contributed by atoms with Gasteiger partial charge in [0.15, 0.2) is 6.23 Å². The van der Waals surface area contributed by atoms with E-state index in [1.54, 1.807) is 0 Å². The molecule has 35 heavy (non-hydrogen) atoms. The number of nitrogens with zero attached hydrogens (tertiary/aromatic N) is 1. The molecule has 1 fully saturated rings. The highest BCUT2D eigenvalue weighted by Crippen LogP contribution is 2.53. The molecule has 190 valence electrons. The van der Waals surface area contributed by atoms with Gasteiger partial charge in [0.25, 0.3) is 5.91 Å². The molecule has 0 radical (unpaired) electrons. The summed E-state index contributed by atoms with van der Waals surface area (Å²) < 4.78 is 67.9. The Bertz CT molecular complexity index is 1150. The first-order valence-electron chi connectivity index (χ1n) is 10.2. The van der Waals surface area contributed by atoms with E-state index in [4.69, 9.17) is 21.1 Å². The van der Waals surface area contributed by atoms with Gasteiger partial charge in [-0.05, 0) is 30.3 Å². The van der Waals surface area contributed by atoms with Gasteiger partial charge in [-0.2, -0.15) is 13.2 Å². The maximum atomic E-state index is 16.9. The van der Waals surface area contributed by atoms with E-state index in [2.05, 4.69) is 0 Å². The first-order valence-corrected chi connectivity index (χ1v) is 10.6. The van der Waals surface area contributed by atoms with Crippen LogP contribution in [0.1, 0.15) is 16.7 Å². The van der Waals surface area contributed by atoms with E-state index in [-0.39, 0.29) is 10.8 Å². The molecule has 0 aromatic heterocycles. The van der Waals surface area contributed by atoms with Crippen molar-refractivity contribution in [1.82, 2.24) is 0 Å². The van der Waals surface area contributed by atoms with E-state index in [9.17, 15) is 38.4 Å². The lowest BCUT2D eigenvalue weighted by Crippen LogP contribution is -2.64. The number of aliphatic hydroxyl groups is 4. The quantitative estimate of drug-likeness (QED) is 0.452. The molecule has 2 aliphatic rings. The Morgan fingerprint density at radius 2 is 1.77 bits per heavy atom. The van der Waals surface area contributed by atoms with Gasteiger partial charge in [0.05, 0.1) is 25.0 Å². The third-order valence-corrected chi connectivity index (χ3v) is 6.36. The zero-order chi connectivity index (χ0) is 25.9. The molecule has 4 N–H and O–H groups in total. The van der Waals surface area contributed by atoms with E-state index in [0.29, 0.717) is 17.0 Å². The number of alkyl halides is 4. The first kappa shape index (κ1) is 25.6. The predicted molar refractivity (Wildman–Crippen MR) is 113 cm³/mol. The predicted octanol–water partition coefficient (Wildman–Crippen LogP) is 1.73. The summed E-state index contributed by atoms with van der Waals surface area (Å²) >= 11 is 6.01. The SMILES string of the molecule is COc1ccc(Cl)cc1C1(F)C(=O)N([C@@H]2O[C@H](CO)[C@@H](O)[C@H](O)[C@H]2O)c2cc(C(F)(F)F)ccc21. The number of anilines is 1. The smallest absolute Gasteiger partial charge is 0.416 e. The monoisotopic (exact) mass is 521 g/mol. The van der Waals surface area contributed by atoms with Crippen LogP contribution in [0.15, 0.2) is 36.4 Å². The summed E-state index contributed by atoms with van der Waals surface area (Å²) in [5.41, 5.74) is -5.88. The second kappa shape index (κ2) is 8.87. The highest BCUT2D eigenvalue weighted by atomic mass is 35.5. The second-order valence-corrected chi connectivity index (χ2v) is 8.56. The van der Waals surface area contributed by atoms with Crippen LogP contribution in [0, 0.1) is 0 Å². The summed E-state index contributed by atoms with van der Waals surface area (Å²) in [5.74, 6) is -1.59. The number of carbonyl (C=O) groups is 1. The van der Waals surface area contributed by atoms with Gasteiger partial charge in [0.2, 0.25) is 5.67 Å². The van der Waals surface area contributed by atoms with E-state index >= 15 is 4.39 Å². The number of amides is 1. The van der Waals surface area contributed by atoms with Crippen molar-refractivity contribution >= 4 is 23.2 Å². The fourth-order valence-corrected chi connectivity index (χ4v) is 4.52. The third-order valence-electron chi connectivity index (χ3n) is 6.12. The fraction of sp³-hybridized carbons (Fsp3) is 0.409. The van der Waals surface area contributed by atoms with Crippen molar-refractivity contribution in [2.45, 2.75) is 42.5 Å². The average Bonchev–Trinajstić information content (AvgIpc) is 3.04. The lowest BCUT2D eigenvalue weighted by atomic mass is 9.88. The summed E-state index contributed by atoms with van der Waals surface area (Å²) in [6, 6.07) is 5.58. The van der Waals surface area contributed by atoms with Gasteiger partial charge in [0.1, 0.15) is 30.2 Å². The molecule has 0 spiro atoms. The Kier molecular flexibility index (Phi) is 6.49. The summed E-state index contributed by atoms with van der Waals surface area (Å²) in [4.78, 5) is 14.1. The highest BCUT2D eigenvalue weighted by Gasteiger charge is 2.60. The van der Waals surface area contributed by atoms with Crippen molar-refractivity contribution in [3.05, 3.63) is 58.1 Å². The minimum Gasteiger partial charge on any atom is -0.496 e. The molecular formula is C22H20ClF4NO7. The summed E-state index contributed by atoms with van der Waals surface area (Å²) in [6.07, 6.45) is -14.2. The van der Waals surface area contributed by atoms with Crippen molar-refractivity contribution in [2.75, 3.05) is 18.6 Å². The molecule has 1 amide bonds. The Morgan fingerprint density at radius 1 is 1.09 bits per heavy atom. The minimum absolute atomic E-state index is 0.00498. The van der Waals surface area contributed by atoms with Gasteiger partial charge in [-0.3, -0.25) is 9.69 Å². The van der Waals surface area contributed by atoms with Gasteiger partial charge in [0, 0.05) is 16.1 Å². The Morgan fingerprint density at radius 3 is 2.37 bits per heavy atom. The summed E-state index contributed by atoms with van der Waals surface area (Å²) in [5, 5.41) is 40.3. The van der Waals surface area contributed by atoms with Gasteiger partial charge in [-0.25, -0.2) is 4.39 Å². The van der Waals surface area contributed by atoms with Gasteiger partial charge in [-0.1, -0.05) is 17.7 Å². The van der Waals surface area contributed by atoms with Gasteiger partial charge < -0.3 is 29.9 Å². The van der Waals surface area contributed by atoms with Crippen LogP contribution in [0.25, 0.3) is 0 Å². The Balaban J connectivity index is 1.95. The van der Waals surface area contributed by atoms with Crippen LogP contribution < -0.4 is 9.64 Å². The van der Waals surface area contributed by atoms with E-state index < -0.39 is 77.4 Å². The number of hydrogen-bond acceptors (Lipinski definition) is 7. The zero-order valence-electron chi connectivity index (χ0n) is 17.9. The van der Waals surface area contributed by atoms with Crippen LogP contribution >= 0.6 is 11.6 Å². The van der Waals surface area contributed by atoms with Crippen LogP contribution in [0.4, 0.5) is 23.2 Å². The van der Waals surface area contributed by atoms with Crippen molar-refractivity contribution < 1.29 is 52.3 Å². The topological polar surface area (TPSA) is 120 Å². The molecule has 6 atom stereocenters. The standard InChI is InChI=1S/C22H20ClF4NO7/c1-34-14-5-3-10(23)7-12(14)21(24)11-4-2-9(22(25,26)27)6-13(11)28(20(21)33)19-18(32)17(31)16(30)15(8-29)35-19/h2-7,15-19,29-32H,8H2,1H3/t15-,16-,17+,18-,19-,21?/m1/s1. The zero-order valence-corrected chi connectivity index (χ0v) is 18.7. The normalized spacial score (nSPS) is 31.0. The Labute approximate surface area is 200 Å². The van der Waals surface area contributed by atoms with Crippen molar-refractivity contribution in [1.29, 1.82) is 0 Å². The lowest BCUT2D eigenvalue weighted by Gasteiger charge is -2.43. The number of carbonyl (C=O) groups excluding carboxylic acids is 1. The molecule has 13 heteroatoms. The van der Waals surface area contributed by atoms with Gasteiger partial charge >= 0.3 is 6.18 Å². The van der Waals surface area contributed by atoms with Crippen LogP contribution in [0.2, 0.25) is 5.02 Å². The van der Waals surface area contributed by atoms with E-state index in [1.807, 2.05) is 0 Å². The molecule has 2 heterocycles. The van der Waals surface area contributed by atoms with Crippen LogP contribution in [-0.4, -0.2) is 70.7 Å². The van der Waals surface area contributed by atoms with E-state index in [1.165, 1.54) is 19.2 Å². The number of aliphatic hydroxyl groups excluding tert-OH is 4. The third kappa shape index (κ3) is 3.94. The van der Waals surface area contributed by atoms with Crippen molar-refractivity contribution in [3.8, 4) is 5.75 Å². The molecule has 1 unspecified atom stereocenters. The van der Waals surface area contributed by atoms with Crippen LogP contribution in [-0.2, 0) is 21.4 Å². The molecule has 2 aliphatic heterocycles. The number of rotatable bonds is 4. The fourth-order valence-electron chi connectivity index (χ4n) is 4.35. The number of fused-ring (bicyclic) bond motifs is 1. The van der Waals surface area contributed by atoms with Crippen LogP contribution in [0.5, 0.6) is 5.75 Å². The number of benzene rings is 2. The molecule has 2 aromatic carbocycles. The molecule has 2 aromatic rings. The Hall–Kier alpha value is -2.48. The molecule has 0 bridgehead atoms. The van der Waals surface area contributed by atoms with E-state index in [0.717, 1.165) is 12.1 Å². The van der Waals surface area contributed by atoms with Crippen LogP contribution in [0.3, 0.4) is 0 Å². The highest BCUT2D eigenvalue weighted by molar-refractivity contribution is 6.30. The number of halogens is 5. The van der Waals surface area contributed by atoms with Crippen molar-refractivity contribution in [3.63, 3.8) is 0 Å². The average molecular weight is 522 g/mol. The maximum absolute atomic E-state index is 16.9. The van der Waals surface area contributed by atoms with Gasteiger partial charge in [-0.15, -0.1) is 0 Å². The minimum atomic E-state index is -4.87. The molecule has 4 rings (SSSR count). The largest absolute Gasteiger partial charge is 0.496 e. The number of methoxy groups -OCH3 is 1. The first-order chi connectivity index (χ1) is 16.4. The summed E-state index contributed by atoms with van der Waals surface area (Å²) in [6.45, 7) is -0.873. The molecular weight excluding hydrogens is 502 g/mol. The number of hydrogen-bond donors (Lipinski definition) is 4.